The van der Waals surface area contributed by atoms with Gasteiger partial charge in [-0.3, -0.25) is 4.98 Å². The highest BCUT2D eigenvalue weighted by Gasteiger charge is 2.11. The van der Waals surface area contributed by atoms with Gasteiger partial charge in [-0.05, 0) is 54.0 Å². The first-order valence-corrected chi connectivity index (χ1v) is 8.79. The van der Waals surface area contributed by atoms with Crippen LogP contribution in [0, 0.1) is 0 Å². The van der Waals surface area contributed by atoms with Gasteiger partial charge in [0, 0.05) is 41.4 Å². The second kappa shape index (κ2) is 6.12. The predicted octanol–water partition coefficient (Wildman–Crippen LogP) is 4.44. The zero-order chi connectivity index (χ0) is 17.3. The lowest BCUT2D eigenvalue weighted by atomic mass is 10.2. The molecule has 0 saturated heterocycles. The van der Waals surface area contributed by atoms with Crippen LogP contribution in [0.3, 0.4) is 0 Å². The van der Waals surface area contributed by atoms with Gasteiger partial charge in [-0.1, -0.05) is 0 Å². The van der Waals surface area contributed by atoms with Crippen LogP contribution in [-0.4, -0.2) is 24.3 Å². The molecule has 0 amide bonds. The molecular weight excluding hydrogens is 344 g/mol. The van der Waals surface area contributed by atoms with E-state index in [0.717, 1.165) is 32.5 Å². The van der Waals surface area contributed by atoms with Crippen LogP contribution < -0.4 is 5.32 Å². The second-order valence-corrected chi connectivity index (χ2v) is 6.54. The summed E-state index contributed by atoms with van der Waals surface area (Å²) in [7, 11) is 0. The Morgan fingerprint density at radius 3 is 2.77 bits per heavy atom. The number of fused-ring (bicyclic) bond motifs is 2. The number of nitrogens with one attached hydrogen (secondary N) is 1. The van der Waals surface area contributed by atoms with Crippen molar-refractivity contribution in [1.29, 1.82) is 0 Å². The summed E-state index contributed by atoms with van der Waals surface area (Å²) < 4.78 is 5.35. The maximum absolute atomic E-state index is 4.73. The zero-order valence-corrected chi connectivity index (χ0v) is 14.3. The molecule has 0 aliphatic rings. The second-order valence-electron chi connectivity index (χ2n) is 5.71. The molecule has 0 aliphatic carbocycles. The molecule has 0 bridgehead atoms. The molecule has 7 heteroatoms. The summed E-state index contributed by atoms with van der Waals surface area (Å²) in [6.07, 6.45) is 7.06. The highest BCUT2D eigenvalue weighted by molar-refractivity contribution is 7.13. The maximum Gasteiger partial charge on any atom is 0.165 e. The summed E-state index contributed by atoms with van der Waals surface area (Å²) in [5.41, 5.74) is 2.50. The summed E-state index contributed by atoms with van der Waals surface area (Å²) >= 11 is 1.47. The minimum atomic E-state index is 0.611. The van der Waals surface area contributed by atoms with Gasteiger partial charge in [-0.15, -0.1) is 0 Å². The van der Waals surface area contributed by atoms with Crippen molar-refractivity contribution in [3.63, 3.8) is 0 Å². The van der Waals surface area contributed by atoms with Gasteiger partial charge >= 0.3 is 0 Å². The first-order chi connectivity index (χ1) is 12.9. The van der Waals surface area contributed by atoms with Crippen LogP contribution >= 0.6 is 11.5 Å². The summed E-state index contributed by atoms with van der Waals surface area (Å²) in [5.74, 6) is 1.33. The first-order valence-electron chi connectivity index (χ1n) is 8.01. The fraction of sp³-hybridized carbons (Fsp3) is 0. The average molecular weight is 356 g/mol. The molecule has 0 radical (unpaired) electrons. The van der Waals surface area contributed by atoms with Crippen molar-refractivity contribution >= 4 is 44.2 Å². The van der Waals surface area contributed by atoms with Crippen molar-refractivity contribution in [2.75, 3.05) is 5.32 Å². The molecule has 0 atom stereocenters. The smallest absolute Gasteiger partial charge is 0.165 e. The van der Waals surface area contributed by atoms with Gasteiger partial charge in [-0.2, -0.15) is 4.37 Å². The summed E-state index contributed by atoms with van der Waals surface area (Å²) in [5, 5.41) is 5.41. The molecule has 0 fully saturated rings. The predicted molar refractivity (Wildman–Crippen MR) is 103 cm³/mol. The van der Waals surface area contributed by atoms with E-state index in [1.807, 2.05) is 42.6 Å². The number of hydrogen-bond donors (Lipinski definition) is 1. The van der Waals surface area contributed by atoms with E-state index in [9.17, 15) is 0 Å². The molecule has 1 aromatic carbocycles. The van der Waals surface area contributed by atoms with Gasteiger partial charge in [0.2, 0.25) is 0 Å². The lowest BCUT2D eigenvalue weighted by Gasteiger charge is -2.10. The third-order valence-corrected chi connectivity index (χ3v) is 4.79. The van der Waals surface area contributed by atoms with E-state index >= 15 is 0 Å². The van der Waals surface area contributed by atoms with Gasteiger partial charge in [0.15, 0.2) is 11.5 Å². The van der Waals surface area contributed by atoms with E-state index in [2.05, 4.69) is 30.7 Å². The van der Waals surface area contributed by atoms with Crippen molar-refractivity contribution in [2.24, 2.45) is 0 Å². The Bertz CT molecular complexity index is 1220. The molecular formula is C19H12N6S. The van der Waals surface area contributed by atoms with E-state index in [4.69, 9.17) is 4.98 Å². The molecule has 4 aromatic heterocycles. The molecule has 1 N–H and O–H groups in total. The Hall–Kier alpha value is -3.45. The Morgan fingerprint density at radius 2 is 1.85 bits per heavy atom. The third-order valence-electron chi connectivity index (χ3n) is 4.03. The Kier molecular flexibility index (Phi) is 3.50. The lowest BCUT2D eigenvalue weighted by Crippen LogP contribution is -2.00. The highest BCUT2D eigenvalue weighted by Crippen LogP contribution is 2.28. The fourth-order valence-electron chi connectivity index (χ4n) is 2.76. The Morgan fingerprint density at radius 1 is 0.923 bits per heavy atom. The summed E-state index contributed by atoms with van der Waals surface area (Å²) in [6, 6.07) is 13.8. The highest BCUT2D eigenvalue weighted by atomic mass is 32.1. The quantitative estimate of drug-likeness (QED) is 0.515. The van der Waals surface area contributed by atoms with E-state index in [-0.39, 0.29) is 0 Å². The van der Waals surface area contributed by atoms with E-state index in [0.29, 0.717) is 11.5 Å². The Balaban J connectivity index is 1.65. The molecule has 26 heavy (non-hydrogen) atoms. The molecule has 0 aliphatic heterocycles. The number of pyridine rings is 2. The van der Waals surface area contributed by atoms with Crippen LogP contribution in [0.2, 0.25) is 0 Å². The standard InChI is InChI=1S/C19H12N6S/c1-2-15-18(21-7-1)24-17(12-5-8-20-9-6-12)25-19(15)23-14-4-3-13-11-22-26-16(13)10-14/h1-11H,(H,21,23,24,25). The number of rotatable bonds is 3. The summed E-state index contributed by atoms with van der Waals surface area (Å²) in [6.45, 7) is 0. The van der Waals surface area contributed by atoms with Gasteiger partial charge in [0.05, 0.1) is 10.1 Å². The zero-order valence-electron chi connectivity index (χ0n) is 13.5. The molecule has 0 spiro atoms. The minimum absolute atomic E-state index is 0.611. The van der Waals surface area contributed by atoms with E-state index in [1.165, 1.54) is 11.5 Å². The van der Waals surface area contributed by atoms with Crippen LogP contribution in [0.1, 0.15) is 0 Å². The summed E-state index contributed by atoms with van der Waals surface area (Å²) in [4.78, 5) is 17.8. The van der Waals surface area contributed by atoms with Crippen molar-refractivity contribution in [3.8, 4) is 11.4 Å². The van der Waals surface area contributed by atoms with Gasteiger partial charge < -0.3 is 5.32 Å². The molecule has 5 aromatic rings. The molecule has 0 unspecified atom stereocenters. The monoisotopic (exact) mass is 356 g/mol. The van der Waals surface area contributed by atoms with Gasteiger partial charge in [0.1, 0.15) is 5.82 Å². The first kappa shape index (κ1) is 14.9. The van der Waals surface area contributed by atoms with Crippen molar-refractivity contribution < 1.29 is 0 Å². The lowest BCUT2D eigenvalue weighted by molar-refractivity contribution is 1.18. The van der Waals surface area contributed by atoms with Crippen LogP contribution in [0.5, 0.6) is 0 Å². The molecule has 124 valence electrons. The number of benzene rings is 1. The molecule has 5 rings (SSSR count). The van der Waals surface area contributed by atoms with Crippen molar-refractivity contribution in [1.82, 2.24) is 24.3 Å². The fourth-order valence-corrected chi connectivity index (χ4v) is 3.45. The van der Waals surface area contributed by atoms with E-state index < -0.39 is 0 Å². The Labute approximate surface area is 152 Å². The normalized spacial score (nSPS) is 11.1. The topological polar surface area (TPSA) is 76.5 Å². The van der Waals surface area contributed by atoms with Gasteiger partial charge in [-0.25, -0.2) is 15.0 Å². The number of aromatic nitrogens is 5. The average Bonchev–Trinajstić information content (AvgIpc) is 3.16. The number of anilines is 2. The van der Waals surface area contributed by atoms with Gasteiger partial charge in [0.25, 0.3) is 0 Å². The van der Waals surface area contributed by atoms with Crippen molar-refractivity contribution in [3.05, 3.63) is 67.3 Å². The molecule has 4 heterocycles. The number of hydrogen-bond acceptors (Lipinski definition) is 7. The van der Waals surface area contributed by atoms with E-state index in [1.54, 1.807) is 18.6 Å². The van der Waals surface area contributed by atoms with Crippen LogP contribution in [-0.2, 0) is 0 Å². The molecule has 0 saturated carbocycles. The maximum atomic E-state index is 4.73. The van der Waals surface area contributed by atoms with Crippen LogP contribution in [0.25, 0.3) is 32.5 Å². The van der Waals surface area contributed by atoms with Crippen LogP contribution in [0.4, 0.5) is 11.5 Å². The minimum Gasteiger partial charge on any atom is -0.340 e. The SMILES string of the molecule is c1cnc2nc(-c3ccncc3)nc(Nc3ccc4cnsc4c3)c2c1. The van der Waals surface area contributed by atoms with Crippen LogP contribution in [0.15, 0.2) is 67.3 Å². The largest absolute Gasteiger partial charge is 0.340 e. The molecule has 6 nitrogen and oxygen atoms in total. The number of nitrogens with zero attached hydrogens (tertiary/aromatic N) is 5. The van der Waals surface area contributed by atoms with Crippen molar-refractivity contribution in [2.45, 2.75) is 0 Å². The third kappa shape index (κ3) is 2.64.